The van der Waals surface area contributed by atoms with Gasteiger partial charge in [0.05, 0.1) is 10.4 Å². The van der Waals surface area contributed by atoms with E-state index in [4.69, 9.17) is 4.74 Å². The van der Waals surface area contributed by atoms with Gasteiger partial charge < -0.3 is 4.74 Å². The zero-order valence-corrected chi connectivity index (χ0v) is 13.4. The molecule has 0 aliphatic carbocycles. The minimum atomic E-state index is -0.535. The number of thiophene rings is 1. The van der Waals surface area contributed by atoms with E-state index in [0.29, 0.717) is 5.69 Å². The first kappa shape index (κ1) is 15.3. The highest BCUT2D eigenvalue weighted by Crippen LogP contribution is 2.35. The Morgan fingerprint density at radius 1 is 1.48 bits per heavy atom. The number of fused-ring (bicyclic) bond motifs is 1. The molecule has 0 radical (unpaired) electrons. The van der Waals surface area contributed by atoms with Gasteiger partial charge in [0.1, 0.15) is 10.5 Å². The maximum atomic E-state index is 12.0. The fraction of sp³-hybridized carbons (Fsp3) is 0.375. The van der Waals surface area contributed by atoms with Crippen molar-refractivity contribution in [1.29, 1.82) is 0 Å². The molecule has 1 amide bonds. The minimum Gasteiger partial charge on any atom is -0.444 e. The fourth-order valence-electron chi connectivity index (χ4n) is 1.74. The summed E-state index contributed by atoms with van der Waals surface area (Å²) in [6, 6.07) is 1.87. The van der Waals surface area contributed by atoms with Gasteiger partial charge in [-0.05, 0) is 26.8 Å². The van der Waals surface area contributed by atoms with Gasteiger partial charge in [0, 0.05) is 24.2 Å². The van der Waals surface area contributed by atoms with Crippen LogP contribution in [0.3, 0.4) is 0 Å². The zero-order chi connectivity index (χ0) is 15.5. The maximum Gasteiger partial charge on any atom is 0.412 e. The number of carbonyl (C=O) groups excluding carboxylic acids is 1. The number of pyridine rings is 1. The molecule has 0 aliphatic heterocycles. The van der Waals surface area contributed by atoms with E-state index >= 15 is 0 Å². The van der Waals surface area contributed by atoms with Crippen molar-refractivity contribution in [3.63, 3.8) is 0 Å². The molecule has 0 aliphatic rings. The van der Waals surface area contributed by atoms with Crippen LogP contribution in [0.5, 0.6) is 0 Å². The van der Waals surface area contributed by atoms with Crippen molar-refractivity contribution in [2.24, 2.45) is 0 Å². The average molecular weight is 302 g/mol. The second kappa shape index (κ2) is 6.15. The average Bonchev–Trinajstić information content (AvgIpc) is 2.72. The predicted molar refractivity (Wildman–Crippen MR) is 86.6 cm³/mol. The molecule has 0 fully saturated rings. The topological polar surface area (TPSA) is 51.2 Å². The largest absolute Gasteiger partial charge is 0.444 e. The first-order valence-corrected chi connectivity index (χ1v) is 7.57. The van der Waals surface area contributed by atoms with Crippen LogP contribution in [0, 0.1) is 11.8 Å². The quantitative estimate of drug-likeness (QED) is 0.794. The molecular formula is C16H18N2O2S. The summed E-state index contributed by atoms with van der Waals surface area (Å²) in [7, 11) is 0. The molecule has 2 heterocycles. The summed E-state index contributed by atoms with van der Waals surface area (Å²) in [5.41, 5.74) is 0.166. The molecule has 0 saturated heterocycles. The molecule has 110 valence electrons. The summed E-state index contributed by atoms with van der Waals surface area (Å²) in [5.74, 6) is 6.13. The maximum absolute atomic E-state index is 12.0. The van der Waals surface area contributed by atoms with Crippen LogP contribution in [0.4, 0.5) is 10.5 Å². The molecule has 0 unspecified atom stereocenters. The third kappa shape index (κ3) is 3.96. The highest BCUT2D eigenvalue weighted by Gasteiger charge is 2.19. The number of ether oxygens (including phenoxy) is 1. The van der Waals surface area contributed by atoms with Crippen molar-refractivity contribution in [3.05, 3.63) is 23.3 Å². The van der Waals surface area contributed by atoms with E-state index in [2.05, 4.69) is 22.1 Å². The minimum absolute atomic E-state index is 0.474. The predicted octanol–water partition coefficient (Wildman–Crippen LogP) is 4.40. The van der Waals surface area contributed by atoms with Crippen molar-refractivity contribution in [3.8, 4) is 11.8 Å². The lowest BCUT2D eigenvalue weighted by atomic mass is 10.2. The van der Waals surface area contributed by atoms with Gasteiger partial charge in [-0.25, -0.2) is 4.79 Å². The van der Waals surface area contributed by atoms with E-state index < -0.39 is 11.7 Å². The molecule has 0 atom stereocenters. The van der Waals surface area contributed by atoms with Gasteiger partial charge in [-0.2, -0.15) is 0 Å². The smallest absolute Gasteiger partial charge is 0.412 e. The van der Waals surface area contributed by atoms with Gasteiger partial charge in [0.2, 0.25) is 0 Å². The summed E-state index contributed by atoms with van der Waals surface area (Å²) in [4.78, 5) is 16.9. The lowest BCUT2D eigenvalue weighted by Crippen LogP contribution is -2.27. The molecule has 0 spiro atoms. The van der Waals surface area contributed by atoms with Crippen LogP contribution in [0.2, 0.25) is 0 Å². The molecule has 0 saturated carbocycles. The Hall–Kier alpha value is -2.06. The van der Waals surface area contributed by atoms with Crippen molar-refractivity contribution >= 4 is 33.2 Å². The van der Waals surface area contributed by atoms with Crippen LogP contribution in [0.25, 0.3) is 10.1 Å². The summed E-state index contributed by atoms with van der Waals surface area (Å²) in [6.07, 6.45) is 3.76. The van der Waals surface area contributed by atoms with E-state index in [9.17, 15) is 4.79 Å². The highest BCUT2D eigenvalue weighted by atomic mass is 32.1. The third-order valence-electron chi connectivity index (χ3n) is 2.50. The Balaban J connectivity index is 2.38. The molecule has 0 bridgehead atoms. The fourth-order valence-corrected chi connectivity index (χ4v) is 2.74. The van der Waals surface area contributed by atoms with E-state index in [1.807, 2.05) is 33.8 Å². The molecule has 0 aromatic carbocycles. The van der Waals surface area contributed by atoms with Crippen LogP contribution < -0.4 is 5.32 Å². The standard InChI is InChI=1S/C16H18N2O2S/c1-5-6-7-12-14(18-15(19)20-16(2,3)4)11-8-9-17-10-13(11)21-12/h8-10H,5H2,1-4H3,(H,18,19). The van der Waals surface area contributed by atoms with Crippen LogP contribution in [0.1, 0.15) is 39.0 Å². The van der Waals surface area contributed by atoms with Gasteiger partial charge in [-0.3, -0.25) is 10.3 Å². The Kier molecular flexibility index (Phi) is 4.49. The number of nitrogens with zero attached hydrogens (tertiary/aromatic N) is 1. The first-order valence-electron chi connectivity index (χ1n) is 6.76. The van der Waals surface area contributed by atoms with Crippen LogP contribution in [-0.4, -0.2) is 16.7 Å². The normalized spacial score (nSPS) is 10.9. The van der Waals surface area contributed by atoms with Crippen LogP contribution in [0.15, 0.2) is 18.5 Å². The van der Waals surface area contributed by atoms with Crippen molar-refractivity contribution < 1.29 is 9.53 Å². The highest BCUT2D eigenvalue weighted by molar-refractivity contribution is 7.20. The Bertz CT molecular complexity index is 717. The third-order valence-corrected chi connectivity index (χ3v) is 3.55. The lowest BCUT2D eigenvalue weighted by molar-refractivity contribution is 0.0636. The van der Waals surface area contributed by atoms with Gasteiger partial charge in [-0.1, -0.05) is 18.8 Å². The van der Waals surface area contributed by atoms with Crippen LogP contribution >= 0.6 is 11.3 Å². The number of amides is 1. The number of rotatable bonds is 1. The van der Waals surface area contributed by atoms with Gasteiger partial charge in [-0.15, -0.1) is 11.3 Å². The van der Waals surface area contributed by atoms with E-state index in [1.54, 1.807) is 12.4 Å². The number of hydrogen-bond acceptors (Lipinski definition) is 4. The van der Waals surface area contributed by atoms with Crippen molar-refractivity contribution in [2.75, 3.05) is 5.32 Å². The lowest BCUT2D eigenvalue weighted by Gasteiger charge is -2.19. The molecule has 21 heavy (non-hydrogen) atoms. The van der Waals surface area contributed by atoms with Crippen LogP contribution in [-0.2, 0) is 4.74 Å². The number of hydrogen-bond donors (Lipinski definition) is 1. The van der Waals surface area contributed by atoms with Crippen molar-refractivity contribution in [2.45, 2.75) is 39.7 Å². The van der Waals surface area contributed by atoms with Gasteiger partial charge in [0.25, 0.3) is 0 Å². The second-order valence-corrected chi connectivity index (χ2v) is 6.51. The number of nitrogens with one attached hydrogen (secondary N) is 1. The molecule has 1 N–H and O–H groups in total. The van der Waals surface area contributed by atoms with E-state index in [-0.39, 0.29) is 0 Å². The molecule has 2 rings (SSSR count). The summed E-state index contributed by atoms with van der Waals surface area (Å²) < 4.78 is 6.30. The molecule has 2 aromatic heterocycles. The SMILES string of the molecule is CCC#Cc1sc2cnccc2c1NC(=O)OC(C)(C)C. The summed E-state index contributed by atoms with van der Waals surface area (Å²) >= 11 is 1.52. The monoisotopic (exact) mass is 302 g/mol. The Labute approximate surface area is 128 Å². The number of carbonyl (C=O) groups is 1. The van der Waals surface area contributed by atoms with E-state index in [1.165, 1.54) is 11.3 Å². The molecular weight excluding hydrogens is 284 g/mol. The zero-order valence-electron chi connectivity index (χ0n) is 12.6. The molecule has 4 nitrogen and oxygen atoms in total. The number of aromatic nitrogens is 1. The second-order valence-electron chi connectivity index (χ2n) is 5.46. The number of anilines is 1. The van der Waals surface area contributed by atoms with E-state index in [0.717, 1.165) is 21.4 Å². The summed E-state index contributed by atoms with van der Waals surface area (Å²) in [5, 5.41) is 3.75. The summed E-state index contributed by atoms with van der Waals surface area (Å²) in [6.45, 7) is 7.49. The molecule has 5 heteroatoms. The van der Waals surface area contributed by atoms with Gasteiger partial charge >= 0.3 is 6.09 Å². The van der Waals surface area contributed by atoms with Gasteiger partial charge in [0.15, 0.2) is 0 Å². The van der Waals surface area contributed by atoms with Crippen molar-refractivity contribution in [1.82, 2.24) is 4.98 Å². The Morgan fingerprint density at radius 2 is 2.24 bits per heavy atom. The first-order chi connectivity index (χ1) is 9.90. The Morgan fingerprint density at radius 3 is 2.90 bits per heavy atom. The molecule has 2 aromatic rings.